The molecule has 2 aromatic carbocycles. The molecule has 4 nitrogen and oxygen atoms in total. The van der Waals surface area contributed by atoms with Crippen molar-refractivity contribution < 1.29 is 9.59 Å². The SMILES string of the molecule is O=C(c1ccccc1Br)N1CCN(C(=O)C2CC2c2ccccc2)CC1. The Morgan fingerprint density at radius 2 is 1.46 bits per heavy atom. The van der Waals surface area contributed by atoms with Crippen molar-refractivity contribution in [3.8, 4) is 0 Å². The minimum Gasteiger partial charge on any atom is -0.339 e. The molecule has 1 aliphatic heterocycles. The summed E-state index contributed by atoms with van der Waals surface area (Å²) in [6.07, 6.45) is 0.943. The van der Waals surface area contributed by atoms with E-state index in [0.717, 1.165) is 10.9 Å². The van der Waals surface area contributed by atoms with E-state index in [1.165, 1.54) is 5.56 Å². The lowest BCUT2D eigenvalue weighted by molar-refractivity contribution is -0.134. The molecule has 5 heteroatoms. The third-order valence-electron chi connectivity index (χ3n) is 5.32. The van der Waals surface area contributed by atoms with Crippen LogP contribution in [0, 0.1) is 5.92 Å². The number of carbonyl (C=O) groups excluding carboxylic acids is 2. The Morgan fingerprint density at radius 1 is 0.846 bits per heavy atom. The lowest BCUT2D eigenvalue weighted by Gasteiger charge is -2.35. The third-order valence-corrected chi connectivity index (χ3v) is 6.01. The summed E-state index contributed by atoms with van der Waals surface area (Å²) in [7, 11) is 0. The quantitative estimate of drug-likeness (QED) is 0.773. The minimum atomic E-state index is 0.0261. The van der Waals surface area contributed by atoms with Gasteiger partial charge in [-0.1, -0.05) is 42.5 Å². The molecule has 2 fully saturated rings. The number of hydrogen-bond acceptors (Lipinski definition) is 2. The van der Waals surface area contributed by atoms with Gasteiger partial charge in [0.1, 0.15) is 0 Å². The molecular formula is C21H21BrN2O2. The van der Waals surface area contributed by atoms with Gasteiger partial charge in [0.25, 0.3) is 5.91 Å². The van der Waals surface area contributed by atoms with Crippen LogP contribution in [0.15, 0.2) is 59.1 Å². The summed E-state index contributed by atoms with van der Waals surface area (Å²) >= 11 is 3.44. The number of carbonyl (C=O) groups is 2. The molecule has 2 aliphatic rings. The van der Waals surface area contributed by atoms with E-state index in [0.29, 0.717) is 37.7 Å². The number of rotatable bonds is 3. The van der Waals surface area contributed by atoms with Crippen molar-refractivity contribution in [2.24, 2.45) is 5.92 Å². The van der Waals surface area contributed by atoms with Gasteiger partial charge in [0.15, 0.2) is 0 Å². The van der Waals surface area contributed by atoms with Gasteiger partial charge in [-0.05, 0) is 46.0 Å². The number of amides is 2. The molecule has 0 bridgehead atoms. The van der Waals surface area contributed by atoms with Gasteiger partial charge in [-0.15, -0.1) is 0 Å². The van der Waals surface area contributed by atoms with Gasteiger partial charge in [0, 0.05) is 36.6 Å². The Bertz CT molecular complexity index is 816. The zero-order chi connectivity index (χ0) is 18.1. The van der Waals surface area contributed by atoms with Crippen molar-refractivity contribution in [1.29, 1.82) is 0 Å². The first kappa shape index (κ1) is 17.3. The smallest absolute Gasteiger partial charge is 0.255 e. The molecule has 2 aromatic rings. The normalized spacial score (nSPS) is 22.2. The fourth-order valence-corrected chi connectivity index (χ4v) is 4.16. The van der Waals surface area contributed by atoms with E-state index in [1.54, 1.807) is 0 Å². The van der Waals surface area contributed by atoms with Crippen molar-refractivity contribution in [3.05, 3.63) is 70.2 Å². The third kappa shape index (κ3) is 3.40. The maximum Gasteiger partial charge on any atom is 0.255 e. The fraction of sp³-hybridized carbons (Fsp3) is 0.333. The second kappa shape index (κ2) is 7.23. The summed E-state index contributed by atoms with van der Waals surface area (Å²) < 4.78 is 0.812. The molecule has 2 unspecified atom stereocenters. The zero-order valence-corrected chi connectivity index (χ0v) is 16.1. The molecule has 1 saturated carbocycles. The Balaban J connectivity index is 1.33. The average molecular weight is 413 g/mol. The number of piperazine rings is 1. The first-order valence-electron chi connectivity index (χ1n) is 9.02. The molecule has 1 saturated heterocycles. The molecule has 1 aliphatic carbocycles. The minimum absolute atomic E-state index is 0.0261. The van der Waals surface area contributed by atoms with Gasteiger partial charge in [-0.25, -0.2) is 0 Å². The molecular weight excluding hydrogens is 392 g/mol. The monoisotopic (exact) mass is 412 g/mol. The summed E-state index contributed by atoms with van der Waals surface area (Å²) in [5.74, 6) is 0.747. The predicted molar refractivity (Wildman–Crippen MR) is 104 cm³/mol. The summed E-state index contributed by atoms with van der Waals surface area (Å²) in [6.45, 7) is 2.42. The number of hydrogen-bond donors (Lipinski definition) is 0. The first-order chi connectivity index (χ1) is 12.6. The van der Waals surface area contributed by atoms with Crippen LogP contribution >= 0.6 is 15.9 Å². The lowest BCUT2D eigenvalue weighted by Crippen LogP contribution is -2.51. The van der Waals surface area contributed by atoms with Crippen LogP contribution in [-0.2, 0) is 4.79 Å². The van der Waals surface area contributed by atoms with Gasteiger partial charge in [-0.3, -0.25) is 9.59 Å². The van der Waals surface area contributed by atoms with Gasteiger partial charge in [0.2, 0.25) is 5.91 Å². The van der Waals surface area contributed by atoms with E-state index < -0.39 is 0 Å². The van der Waals surface area contributed by atoms with Crippen molar-refractivity contribution in [3.63, 3.8) is 0 Å². The van der Waals surface area contributed by atoms with Crippen molar-refractivity contribution in [2.45, 2.75) is 12.3 Å². The Hall–Kier alpha value is -2.14. The van der Waals surface area contributed by atoms with Crippen molar-refractivity contribution in [2.75, 3.05) is 26.2 Å². The highest BCUT2D eigenvalue weighted by atomic mass is 79.9. The second-order valence-corrected chi connectivity index (χ2v) is 7.81. The van der Waals surface area contributed by atoms with Crippen LogP contribution in [0.1, 0.15) is 28.3 Å². The molecule has 2 atom stereocenters. The molecule has 1 heterocycles. The number of halogens is 1. The molecule has 2 amide bonds. The van der Waals surface area contributed by atoms with E-state index >= 15 is 0 Å². The van der Waals surface area contributed by atoms with Crippen LogP contribution in [0.5, 0.6) is 0 Å². The Kier molecular flexibility index (Phi) is 4.81. The van der Waals surface area contributed by atoms with Gasteiger partial charge in [-0.2, -0.15) is 0 Å². The van der Waals surface area contributed by atoms with E-state index in [1.807, 2.05) is 52.3 Å². The van der Waals surface area contributed by atoms with E-state index in [9.17, 15) is 9.59 Å². The molecule has 134 valence electrons. The zero-order valence-electron chi connectivity index (χ0n) is 14.5. The fourth-order valence-electron chi connectivity index (χ4n) is 3.71. The maximum atomic E-state index is 12.8. The van der Waals surface area contributed by atoms with Gasteiger partial charge in [0.05, 0.1) is 5.56 Å². The second-order valence-electron chi connectivity index (χ2n) is 6.96. The summed E-state index contributed by atoms with van der Waals surface area (Å²) in [6, 6.07) is 17.7. The van der Waals surface area contributed by atoms with E-state index in [2.05, 4.69) is 28.1 Å². The van der Waals surface area contributed by atoms with Gasteiger partial charge >= 0.3 is 0 Å². The number of benzene rings is 2. The lowest BCUT2D eigenvalue weighted by atomic mass is 10.1. The average Bonchev–Trinajstić information content (AvgIpc) is 3.49. The molecule has 0 aromatic heterocycles. The van der Waals surface area contributed by atoms with Crippen LogP contribution in [-0.4, -0.2) is 47.8 Å². The molecule has 4 rings (SSSR count). The van der Waals surface area contributed by atoms with Crippen LogP contribution in [0.4, 0.5) is 0 Å². The van der Waals surface area contributed by atoms with E-state index in [4.69, 9.17) is 0 Å². The summed E-state index contributed by atoms with van der Waals surface area (Å²) in [5.41, 5.74) is 1.94. The predicted octanol–water partition coefficient (Wildman–Crippen LogP) is 3.54. The van der Waals surface area contributed by atoms with Gasteiger partial charge < -0.3 is 9.80 Å². The Morgan fingerprint density at radius 3 is 2.15 bits per heavy atom. The molecule has 0 spiro atoms. The van der Waals surface area contributed by atoms with Crippen molar-refractivity contribution >= 4 is 27.7 Å². The van der Waals surface area contributed by atoms with Crippen LogP contribution in [0.25, 0.3) is 0 Å². The molecule has 0 radical (unpaired) electrons. The van der Waals surface area contributed by atoms with Crippen molar-refractivity contribution in [1.82, 2.24) is 9.80 Å². The topological polar surface area (TPSA) is 40.6 Å². The highest BCUT2D eigenvalue weighted by molar-refractivity contribution is 9.10. The summed E-state index contributed by atoms with van der Waals surface area (Å²) in [5, 5.41) is 0. The Labute approximate surface area is 161 Å². The van der Waals surface area contributed by atoms with Crippen LogP contribution in [0.2, 0.25) is 0 Å². The highest BCUT2D eigenvalue weighted by Gasteiger charge is 2.46. The standard InChI is InChI=1S/C21H21BrN2O2/c22-19-9-5-4-8-16(19)20(25)23-10-12-24(13-11-23)21(26)18-14-17(18)15-6-2-1-3-7-15/h1-9,17-18H,10-14H2. The number of nitrogens with zero attached hydrogens (tertiary/aromatic N) is 2. The highest BCUT2D eigenvalue weighted by Crippen LogP contribution is 2.48. The first-order valence-corrected chi connectivity index (χ1v) is 9.82. The summed E-state index contributed by atoms with van der Waals surface area (Å²) in [4.78, 5) is 29.2. The largest absolute Gasteiger partial charge is 0.339 e. The maximum absolute atomic E-state index is 12.8. The van der Waals surface area contributed by atoms with Crippen LogP contribution in [0.3, 0.4) is 0 Å². The molecule has 0 N–H and O–H groups in total. The van der Waals surface area contributed by atoms with Crippen LogP contribution < -0.4 is 0 Å². The van der Waals surface area contributed by atoms with E-state index in [-0.39, 0.29) is 17.7 Å². The molecule has 26 heavy (non-hydrogen) atoms.